The highest BCUT2D eigenvalue weighted by Gasteiger charge is 2.13. The quantitative estimate of drug-likeness (QED) is 0.880. The van der Waals surface area contributed by atoms with Gasteiger partial charge in [-0.2, -0.15) is 0 Å². The van der Waals surface area contributed by atoms with Crippen molar-refractivity contribution in [3.8, 4) is 0 Å². The van der Waals surface area contributed by atoms with Crippen LogP contribution in [0.2, 0.25) is 5.02 Å². The summed E-state index contributed by atoms with van der Waals surface area (Å²) >= 11 is 5.92. The first kappa shape index (κ1) is 12.8. The first-order chi connectivity index (χ1) is 7.47. The summed E-state index contributed by atoms with van der Waals surface area (Å²) in [6.45, 7) is 7.09. The Kier molecular flexibility index (Phi) is 4.19. The Bertz CT molecular complexity index is 391. The first-order valence-electron chi connectivity index (χ1n) is 5.26. The molecule has 0 aliphatic rings. The Balaban J connectivity index is 3.09. The molecule has 4 heteroatoms. The van der Waals surface area contributed by atoms with Crippen LogP contribution in [0.15, 0.2) is 18.2 Å². The number of halogens is 1. The monoisotopic (exact) mass is 241 g/mol. The van der Waals surface area contributed by atoms with Crippen molar-refractivity contribution < 1.29 is 9.90 Å². The number of aromatic carboxylic acids is 1. The number of nitrogens with zero attached hydrogens (tertiary/aromatic N) is 1. The highest BCUT2D eigenvalue weighted by Crippen LogP contribution is 2.24. The molecule has 1 aromatic rings. The lowest BCUT2D eigenvalue weighted by Crippen LogP contribution is -2.30. The molecule has 3 nitrogen and oxygen atoms in total. The molecule has 0 radical (unpaired) electrons. The van der Waals surface area contributed by atoms with E-state index in [0.717, 1.165) is 12.2 Å². The molecule has 0 atom stereocenters. The van der Waals surface area contributed by atoms with Crippen LogP contribution >= 0.6 is 11.6 Å². The van der Waals surface area contributed by atoms with E-state index in [9.17, 15) is 4.79 Å². The second-order valence-electron chi connectivity index (χ2n) is 3.85. The van der Waals surface area contributed by atoms with E-state index in [1.807, 2.05) is 0 Å². The van der Waals surface area contributed by atoms with E-state index in [-0.39, 0.29) is 10.6 Å². The highest BCUT2D eigenvalue weighted by atomic mass is 35.5. The smallest absolute Gasteiger partial charge is 0.337 e. The van der Waals surface area contributed by atoms with Gasteiger partial charge in [0.2, 0.25) is 0 Å². The van der Waals surface area contributed by atoms with Gasteiger partial charge in [0.1, 0.15) is 0 Å². The Morgan fingerprint density at radius 1 is 1.50 bits per heavy atom. The van der Waals surface area contributed by atoms with Crippen LogP contribution in [0.1, 0.15) is 31.1 Å². The van der Waals surface area contributed by atoms with Crippen molar-refractivity contribution in [1.82, 2.24) is 0 Å². The predicted molar refractivity (Wildman–Crippen MR) is 66.6 cm³/mol. The number of carboxylic acid groups (broad SMARTS) is 1. The Hall–Kier alpha value is -1.22. The summed E-state index contributed by atoms with van der Waals surface area (Å²) in [7, 11) is 0. The van der Waals surface area contributed by atoms with Crippen LogP contribution in [0.25, 0.3) is 0 Å². The third-order valence-corrected chi connectivity index (χ3v) is 2.79. The molecule has 0 spiro atoms. The average molecular weight is 242 g/mol. The first-order valence-corrected chi connectivity index (χ1v) is 5.64. The molecule has 0 aromatic heterocycles. The largest absolute Gasteiger partial charge is 0.478 e. The van der Waals surface area contributed by atoms with Gasteiger partial charge in [0.05, 0.1) is 10.6 Å². The summed E-state index contributed by atoms with van der Waals surface area (Å²) in [5.41, 5.74) is 1.10. The molecule has 88 valence electrons. The van der Waals surface area contributed by atoms with Crippen LogP contribution in [0, 0.1) is 0 Å². The minimum absolute atomic E-state index is 0.144. The third-order valence-electron chi connectivity index (χ3n) is 2.48. The number of benzene rings is 1. The zero-order valence-electron chi connectivity index (χ0n) is 9.70. The van der Waals surface area contributed by atoms with Crippen molar-refractivity contribution >= 4 is 23.3 Å². The summed E-state index contributed by atoms with van der Waals surface area (Å²) < 4.78 is 0. The van der Waals surface area contributed by atoms with Crippen LogP contribution < -0.4 is 4.90 Å². The third kappa shape index (κ3) is 2.67. The molecule has 0 saturated heterocycles. The van der Waals surface area contributed by atoms with Gasteiger partial charge in [-0.15, -0.1) is 0 Å². The summed E-state index contributed by atoms with van der Waals surface area (Å²) in [5.74, 6) is -0.996. The second kappa shape index (κ2) is 5.21. The fourth-order valence-electron chi connectivity index (χ4n) is 1.70. The van der Waals surface area contributed by atoms with Crippen molar-refractivity contribution in [3.63, 3.8) is 0 Å². The molecular formula is C12H16ClNO2. The van der Waals surface area contributed by atoms with Crippen molar-refractivity contribution in [2.45, 2.75) is 26.8 Å². The SMILES string of the molecule is CCN(c1ccc(C(=O)O)c(Cl)c1)C(C)C. The van der Waals surface area contributed by atoms with E-state index in [4.69, 9.17) is 16.7 Å². The lowest BCUT2D eigenvalue weighted by molar-refractivity contribution is 0.0697. The van der Waals surface area contributed by atoms with Gasteiger partial charge in [-0.3, -0.25) is 0 Å². The van der Waals surface area contributed by atoms with Gasteiger partial charge in [-0.25, -0.2) is 4.79 Å². The fraction of sp³-hybridized carbons (Fsp3) is 0.417. The van der Waals surface area contributed by atoms with Gasteiger partial charge in [0.15, 0.2) is 0 Å². The van der Waals surface area contributed by atoms with Crippen LogP contribution in [0.5, 0.6) is 0 Å². The molecular weight excluding hydrogens is 226 g/mol. The Labute approximate surface area is 101 Å². The number of carboxylic acids is 1. The lowest BCUT2D eigenvalue weighted by atomic mass is 10.1. The van der Waals surface area contributed by atoms with Gasteiger partial charge in [0.25, 0.3) is 0 Å². The summed E-state index contributed by atoms with van der Waals surface area (Å²) in [6.07, 6.45) is 0. The molecule has 1 rings (SSSR count). The van der Waals surface area contributed by atoms with E-state index in [0.29, 0.717) is 6.04 Å². The highest BCUT2D eigenvalue weighted by molar-refractivity contribution is 6.33. The van der Waals surface area contributed by atoms with E-state index >= 15 is 0 Å². The number of anilines is 1. The molecule has 0 aliphatic carbocycles. The van der Waals surface area contributed by atoms with Crippen molar-refractivity contribution in [1.29, 1.82) is 0 Å². The maximum absolute atomic E-state index is 10.8. The normalized spacial score (nSPS) is 10.6. The predicted octanol–water partition coefficient (Wildman–Crippen LogP) is 3.27. The molecule has 0 fully saturated rings. The molecule has 0 unspecified atom stereocenters. The summed E-state index contributed by atoms with van der Waals surface area (Å²) in [6, 6.07) is 5.40. The summed E-state index contributed by atoms with van der Waals surface area (Å²) in [4.78, 5) is 13.0. The minimum Gasteiger partial charge on any atom is -0.478 e. The number of hydrogen-bond donors (Lipinski definition) is 1. The zero-order chi connectivity index (χ0) is 12.3. The zero-order valence-corrected chi connectivity index (χ0v) is 10.5. The van der Waals surface area contributed by atoms with E-state index in [1.165, 1.54) is 0 Å². The van der Waals surface area contributed by atoms with E-state index in [2.05, 4.69) is 25.7 Å². The van der Waals surface area contributed by atoms with E-state index < -0.39 is 5.97 Å². The van der Waals surface area contributed by atoms with Crippen LogP contribution in [0.3, 0.4) is 0 Å². The minimum atomic E-state index is -0.996. The number of carbonyl (C=O) groups is 1. The number of rotatable bonds is 4. The maximum Gasteiger partial charge on any atom is 0.337 e. The van der Waals surface area contributed by atoms with Crippen LogP contribution in [-0.2, 0) is 0 Å². The maximum atomic E-state index is 10.8. The molecule has 1 N–H and O–H groups in total. The molecule has 0 saturated carbocycles. The van der Waals surface area contributed by atoms with Gasteiger partial charge >= 0.3 is 5.97 Å². The topological polar surface area (TPSA) is 40.5 Å². The number of hydrogen-bond acceptors (Lipinski definition) is 2. The van der Waals surface area contributed by atoms with Gasteiger partial charge < -0.3 is 10.0 Å². The van der Waals surface area contributed by atoms with Crippen molar-refractivity contribution in [2.24, 2.45) is 0 Å². The van der Waals surface area contributed by atoms with Gasteiger partial charge in [-0.1, -0.05) is 11.6 Å². The fourth-order valence-corrected chi connectivity index (χ4v) is 1.96. The standard InChI is InChI=1S/C12H16ClNO2/c1-4-14(8(2)3)9-5-6-10(12(15)16)11(13)7-9/h5-8H,4H2,1-3H3,(H,15,16). The summed E-state index contributed by atoms with van der Waals surface area (Å²) in [5, 5.41) is 9.15. The van der Waals surface area contributed by atoms with Crippen molar-refractivity contribution in [2.75, 3.05) is 11.4 Å². The Morgan fingerprint density at radius 3 is 2.50 bits per heavy atom. The lowest BCUT2D eigenvalue weighted by Gasteiger charge is -2.27. The van der Waals surface area contributed by atoms with Gasteiger partial charge in [0, 0.05) is 18.3 Å². The van der Waals surface area contributed by atoms with Crippen LogP contribution in [0.4, 0.5) is 5.69 Å². The molecule has 0 bridgehead atoms. The molecule has 1 aromatic carbocycles. The molecule has 0 heterocycles. The second-order valence-corrected chi connectivity index (χ2v) is 4.26. The van der Waals surface area contributed by atoms with E-state index in [1.54, 1.807) is 18.2 Å². The Morgan fingerprint density at radius 2 is 2.12 bits per heavy atom. The van der Waals surface area contributed by atoms with Crippen molar-refractivity contribution in [3.05, 3.63) is 28.8 Å². The molecule has 0 amide bonds. The molecule has 16 heavy (non-hydrogen) atoms. The average Bonchev–Trinajstić information content (AvgIpc) is 2.17. The molecule has 0 aliphatic heterocycles. The van der Waals surface area contributed by atoms with Crippen LogP contribution in [-0.4, -0.2) is 23.7 Å². The van der Waals surface area contributed by atoms with Gasteiger partial charge in [-0.05, 0) is 39.0 Å².